The maximum atomic E-state index is 12.1. The number of benzene rings is 2. The number of furan rings is 1. The molecule has 1 N–H and O–H groups in total. The van der Waals surface area contributed by atoms with Crippen LogP contribution < -0.4 is 5.56 Å². The summed E-state index contributed by atoms with van der Waals surface area (Å²) in [4.78, 5) is 14.9. The second-order valence-corrected chi connectivity index (χ2v) is 5.02. The highest BCUT2D eigenvalue weighted by Crippen LogP contribution is 2.30. The highest BCUT2D eigenvalue weighted by atomic mass is 16.3. The van der Waals surface area contributed by atoms with Gasteiger partial charge in [0, 0.05) is 16.5 Å². The number of hydrogen-bond donors (Lipinski definition) is 1. The fraction of sp³-hybridized carbons (Fsp3) is 0.118. The largest absolute Gasteiger partial charge is 0.450 e. The van der Waals surface area contributed by atoms with Crippen molar-refractivity contribution in [1.29, 1.82) is 0 Å². The molecule has 3 heteroatoms. The van der Waals surface area contributed by atoms with Gasteiger partial charge in [-0.05, 0) is 35.4 Å². The lowest BCUT2D eigenvalue weighted by Crippen LogP contribution is -2.07. The van der Waals surface area contributed by atoms with Crippen LogP contribution in [0.4, 0.5) is 0 Å². The first-order valence-corrected chi connectivity index (χ1v) is 6.73. The van der Waals surface area contributed by atoms with Gasteiger partial charge in [-0.3, -0.25) is 4.79 Å². The van der Waals surface area contributed by atoms with E-state index in [4.69, 9.17) is 4.42 Å². The molecule has 0 atom stereocenters. The van der Waals surface area contributed by atoms with Crippen LogP contribution in [0.3, 0.4) is 0 Å². The SMILES string of the molecule is CCc1cc2c(oc3cc4ccccc4cc32)c(=O)[nH]1. The standard InChI is InChI=1S/C17H13NO2/c1-2-12-9-14-13-7-10-5-3-4-6-11(10)8-15(13)20-16(14)17(19)18-12/h3-9H,2H2,1H3,(H,18,19). The van der Waals surface area contributed by atoms with Crippen LogP contribution in [0.25, 0.3) is 32.7 Å². The molecule has 0 saturated carbocycles. The molecular formula is C17H13NO2. The quantitative estimate of drug-likeness (QED) is 0.564. The van der Waals surface area contributed by atoms with E-state index in [1.165, 1.54) is 0 Å². The van der Waals surface area contributed by atoms with Gasteiger partial charge in [0.1, 0.15) is 5.58 Å². The van der Waals surface area contributed by atoms with Crippen LogP contribution in [0.5, 0.6) is 0 Å². The first kappa shape index (κ1) is 11.3. The molecule has 0 aliphatic heterocycles. The molecule has 0 aliphatic carbocycles. The van der Waals surface area contributed by atoms with Crippen LogP contribution >= 0.6 is 0 Å². The molecular weight excluding hydrogens is 250 g/mol. The van der Waals surface area contributed by atoms with E-state index in [0.29, 0.717) is 5.58 Å². The Morgan fingerprint density at radius 1 is 1.05 bits per heavy atom. The third-order valence-electron chi connectivity index (χ3n) is 3.77. The van der Waals surface area contributed by atoms with Crippen molar-refractivity contribution in [3.05, 3.63) is 58.5 Å². The molecule has 20 heavy (non-hydrogen) atoms. The Kier molecular flexibility index (Phi) is 2.24. The highest BCUT2D eigenvalue weighted by Gasteiger charge is 2.12. The summed E-state index contributed by atoms with van der Waals surface area (Å²) < 4.78 is 5.75. The minimum absolute atomic E-state index is 0.153. The zero-order chi connectivity index (χ0) is 13.7. The van der Waals surface area contributed by atoms with Crippen molar-refractivity contribution in [1.82, 2.24) is 4.98 Å². The topological polar surface area (TPSA) is 46.0 Å². The lowest BCUT2D eigenvalue weighted by Gasteiger charge is -1.98. The summed E-state index contributed by atoms with van der Waals surface area (Å²) in [6.45, 7) is 2.02. The maximum Gasteiger partial charge on any atom is 0.291 e. The monoisotopic (exact) mass is 263 g/mol. The van der Waals surface area contributed by atoms with Gasteiger partial charge < -0.3 is 9.40 Å². The zero-order valence-electron chi connectivity index (χ0n) is 11.1. The predicted molar refractivity (Wildman–Crippen MR) is 81.2 cm³/mol. The van der Waals surface area contributed by atoms with Gasteiger partial charge in [-0.1, -0.05) is 31.2 Å². The van der Waals surface area contributed by atoms with E-state index in [9.17, 15) is 4.79 Å². The number of fused-ring (bicyclic) bond motifs is 4. The van der Waals surface area contributed by atoms with Crippen molar-refractivity contribution in [2.75, 3.05) is 0 Å². The van der Waals surface area contributed by atoms with Gasteiger partial charge in [0.15, 0.2) is 5.58 Å². The molecule has 3 nitrogen and oxygen atoms in total. The third kappa shape index (κ3) is 1.50. The van der Waals surface area contributed by atoms with E-state index < -0.39 is 0 Å². The van der Waals surface area contributed by atoms with Crippen LogP contribution in [0.1, 0.15) is 12.6 Å². The summed E-state index contributed by atoms with van der Waals surface area (Å²) in [5.74, 6) is 0. The van der Waals surface area contributed by atoms with E-state index in [1.807, 2.05) is 37.3 Å². The third-order valence-corrected chi connectivity index (χ3v) is 3.77. The first-order chi connectivity index (χ1) is 9.76. The molecule has 4 aromatic rings. The molecule has 2 heterocycles. The van der Waals surface area contributed by atoms with Crippen LogP contribution in [-0.2, 0) is 6.42 Å². The van der Waals surface area contributed by atoms with Gasteiger partial charge in [-0.2, -0.15) is 0 Å². The number of aromatic amines is 1. The summed E-state index contributed by atoms with van der Waals surface area (Å²) >= 11 is 0. The van der Waals surface area contributed by atoms with E-state index >= 15 is 0 Å². The van der Waals surface area contributed by atoms with Gasteiger partial charge in [0.05, 0.1) is 0 Å². The van der Waals surface area contributed by atoms with E-state index in [2.05, 4.69) is 17.1 Å². The minimum Gasteiger partial charge on any atom is -0.450 e. The average molecular weight is 263 g/mol. The Hall–Kier alpha value is -2.55. The number of nitrogens with one attached hydrogen (secondary N) is 1. The molecule has 0 radical (unpaired) electrons. The van der Waals surface area contributed by atoms with E-state index in [1.54, 1.807) is 0 Å². The second-order valence-electron chi connectivity index (χ2n) is 5.02. The van der Waals surface area contributed by atoms with Gasteiger partial charge in [-0.25, -0.2) is 0 Å². The molecule has 2 aromatic carbocycles. The molecule has 0 aliphatic rings. The van der Waals surface area contributed by atoms with Crippen LogP contribution in [0.15, 0.2) is 51.7 Å². The van der Waals surface area contributed by atoms with Crippen molar-refractivity contribution in [2.24, 2.45) is 0 Å². The summed E-state index contributed by atoms with van der Waals surface area (Å²) in [7, 11) is 0. The normalized spacial score (nSPS) is 11.7. The lowest BCUT2D eigenvalue weighted by atomic mass is 10.1. The Balaban J connectivity index is 2.23. The van der Waals surface area contributed by atoms with Crippen molar-refractivity contribution < 1.29 is 4.42 Å². The molecule has 0 saturated heterocycles. The van der Waals surface area contributed by atoms with Crippen LogP contribution in [0.2, 0.25) is 0 Å². The Labute approximate surface area is 114 Å². The molecule has 0 amide bonds. The average Bonchev–Trinajstić information content (AvgIpc) is 2.83. The second kappa shape index (κ2) is 3.97. The van der Waals surface area contributed by atoms with E-state index in [0.717, 1.165) is 39.2 Å². The Morgan fingerprint density at radius 2 is 1.80 bits per heavy atom. The fourth-order valence-corrected chi connectivity index (χ4v) is 2.72. The van der Waals surface area contributed by atoms with Gasteiger partial charge in [0.2, 0.25) is 0 Å². The molecule has 0 unspecified atom stereocenters. The Morgan fingerprint density at radius 3 is 2.55 bits per heavy atom. The maximum absolute atomic E-state index is 12.1. The van der Waals surface area contributed by atoms with Crippen LogP contribution in [0, 0.1) is 0 Å². The van der Waals surface area contributed by atoms with Crippen molar-refractivity contribution in [2.45, 2.75) is 13.3 Å². The summed E-state index contributed by atoms with van der Waals surface area (Å²) in [5.41, 5.74) is 1.95. The summed E-state index contributed by atoms with van der Waals surface area (Å²) in [6, 6.07) is 14.2. The molecule has 0 fully saturated rings. The Bertz CT molecular complexity index is 1010. The van der Waals surface area contributed by atoms with Crippen molar-refractivity contribution >= 4 is 32.7 Å². The number of pyridine rings is 1. The smallest absolute Gasteiger partial charge is 0.291 e. The molecule has 4 rings (SSSR count). The summed E-state index contributed by atoms with van der Waals surface area (Å²) in [6.07, 6.45) is 0.797. The minimum atomic E-state index is -0.153. The number of rotatable bonds is 1. The van der Waals surface area contributed by atoms with Gasteiger partial charge >= 0.3 is 0 Å². The first-order valence-electron chi connectivity index (χ1n) is 6.73. The highest BCUT2D eigenvalue weighted by molar-refractivity contribution is 6.09. The van der Waals surface area contributed by atoms with Crippen LogP contribution in [-0.4, -0.2) is 4.98 Å². The summed E-state index contributed by atoms with van der Waals surface area (Å²) in [5, 5.41) is 4.16. The molecule has 0 spiro atoms. The number of aromatic nitrogens is 1. The van der Waals surface area contributed by atoms with E-state index in [-0.39, 0.29) is 5.56 Å². The molecule has 0 bridgehead atoms. The zero-order valence-corrected chi connectivity index (χ0v) is 11.1. The van der Waals surface area contributed by atoms with Gasteiger partial charge in [-0.15, -0.1) is 0 Å². The molecule has 98 valence electrons. The van der Waals surface area contributed by atoms with Gasteiger partial charge in [0.25, 0.3) is 5.56 Å². The van der Waals surface area contributed by atoms with Crippen molar-refractivity contribution in [3.63, 3.8) is 0 Å². The lowest BCUT2D eigenvalue weighted by molar-refractivity contribution is 0.662. The van der Waals surface area contributed by atoms with Crippen molar-refractivity contribution in [3.8, 4) is 0 Å². The number of hydrogen-bond acceptors (Lipinski definition) is 2. The number of aryl methyl sites for hydroxylation is 1. The molecule has 2 aromatic heterocycles. The fourth-order valence-electron chi connectivity index (χ4n) is 2.72. The predicted octanol–water partition coefficient (Wildman–Crippen LogP) is 3.99. The number of H-pyrrole nitrogens is 1.